The summed E-state index contributed by atoms with van der Waals surface area (Å²) >= 11 is 0. The zero-order valence-electron chi connectivity index (χ0n) is 11.1. The highest BCUT2D eigenvalue weighted by Crippen LogP contribution is 2.22. The average Bonchev–Trinajstić information content (AvgIpc) is 2.84. The van der Waals surface area contributed by atoms with E-state index in [1.807, 2.05) is 31.2 Å². The van der Waals surface area contributed by atoms with Gasteiger partial charge in [0.2, 0.25) is 0 Å². The van der Waals surface area contributed by atoms with Crippen molar-refractivity contribution in [2.24, 2.45) is 11.7 Å². The van der Waals surface area contributed by atoms with Gasteiger partial charge in [-0.1, -0.05) is 6.92 Å². The van der Waals surface area contributed by atoms with E-state index in [4.69, 9.17) is 15.2 Å². The number of nitrogens with one attached hydrogen (secondary N) is 1. The number of ether oxygens (including phenoxy) is 2. The Morgan fingerprint density at radius 2 is 2.21 bits per heavy atom. The highest BCUT2D eigenvalue weighted by Gasteiger charge is 2.30. The minimum atomic E-state index is -0.340. The molecule has 104 valence electrons. The van der Waals surface area contributed by atoms with Crippen molar-refractivity contribution in [3.63, 3.8) is 0 Å². The molecule has 1 aliphatic rings. The SMILES string of the molecule is CC1CCOC1C(=O)Nc1ccc(OCCN)cc1. The van der Waals surface area contributed by atoms with Gasteiger partial charge in [-0.3, -0.25) is 4.79 Å². The first-order chi connectivity index (χ1) is 9.20. The quantitative estimate of drug-likeness (QED) is 0.842. The van der Waals surface area contributed by atoms with Crippen molar-refractivity contribution in [2.45, 2.75) is 19.4 Å². The molecule has 1 heterocycles. The zero-order chi connectivity index (χ0) is 13.7. The molecule has 5 heteroatoms. The molecule has 1 amide bonds. The number of benzene rings is 1. The third-order valence-electron chi connectivity index (χ3n) is 3.15. The predicted octanol–water partition coefficient (Wildman–Crippen LogP) is 1.39. The smallest absolute Gasteiger partial charge is 0.253 e. The van der Waals surface area contributed by atoms with Crippen LogP contribution in [0.3, 0.4) is 0 Å². The number of nitrogens with two attached hydrogens (primary N) is 1. The van der Waals surface area contributed by atoms with Crippen LogP contribution in [0.2, 0.25) is 0 Å². The summed E-state index contributed by atoms with van der Waals surface area (Å²) in [5.41, 5.74) is 6.10. The van der Waals surface area contributed by atoms with Crippen LogP contribution in [0.4, 0.5) is 5.69 Å². The van der Waals surface area contributed by atoms with Crippen LogP contribution in [0.25, 0.3) is 0 Å². The summed E-state index contributed by atoms with van der Waals surface area (Å²) in [4.78, 5) is 12.0. The summed E-state index contributed by atoms with van der Waals surface area (Å²) in [7, 11) is 0. The Kier molecular flexibility index (Phi) is 4.76. The number of rotatable bonds is 5. The van der Waals surface area contributed by atoms with Crippen molar-refractivity contribution in [1.29, 1.82) is 0 Å². The maximum Gasteiger partial charge on any atom is 0.253 e. The Balaban J connectivity index is 1.90. The maximum absolute atomic E-state index is 12.0. The fraction of sp³-hybridized carbons (Fsp3) is 0.500. The second-order valence-corrected chi connectivity index (χ2v) is 4.71. The van der Waals surface area contributed by atoms with Crippen molar-refractivity contribution >= 4 is 11.6 Å². The molecule has 1 saturated heterocycles. The molecule has 1 aliphatic heterocycles. The van der Waals surface area contributed by atoms with Crippen LogP contribution in [0.1, 0.15) is 13.3 Å². The Labute approximate surface area is 113 Å². The zero-order valence-corrected chi connectivity index (χ0v) is 11.1. The average molecular weight is 264 g/mol. The molecular formula is C14H20N2O3. The van der Waals surface area contributed by atoms with Crippen LogP contribution < -0.4 is 15.8 Å². The Bertz CT molecular complexity index is 419. The Hall–Kier alpha value is -1.59. The van der Waals surface area contributed by atoms with E-state index in [1.54, 1.807) is 0 Å². The largest absolute Gasteiger partial charge is 0.492 e. The monoisotopic (exact) mass is 264 g/mol. The predicted molar refractivity (Wildman–Crippen MR) is 73.1 cm³/mol. The van der Waals surface area contributed by atoms with Crippen molar-refractivity contribution in [1.82, 2.24) is 0 Å². The maximum atomic E-state index is 12.0. The second kappa shape index (κ2) is 6.54. The van der Waals surface area contributed by atoms with Crippen LogP contribution in [0, 0.1) is 5.92 Å². The summed E-state index contributed by atoms with van der Waals surface area (Å²) in [5.74, 6) is 0.932. The molecule has 1 aromatic rings. The highest BCUT2D eigenvalue weighted by molar-refractivity contribution is 5.94. The van der Waals surface area contributed by atoms with E-state index >= 15 is 0 Å². The first kappa shape index (κ1) is 13.8. The fourth-order valence-corrected chi connectivity index (χ4v) is 2.06. The molecule has 1 aromatic carbocycles. The van der Waals surface area contributed by atoms with Gasteiger partial charge >= 0.3 is 0 Å². The van der Waals surface area contributed by atoms with E-state index in [0.717, 1.165) is 17.9 Å². The molecule has 19 heavy (non-hydrogen) atoms. The lowest BCUT2D eigenvalue weighted by Gasteiger charge is -2.14. The van der Waals surface area contributed by atoms with Gasteiger partial charge in [-0.15, -0.1) is 0 Å². The summed E-state index contributed by atoms with van der Waals surface area (Å²) in [6.07, 6.45) is 0.595. The molecule has 0 aromatic heterocycles. The van der Waals surface area contributed by atoms with Gasteiger partial charge in [-0.05, 0) is 36.6 Å². The number of hydrogen-bond acceptors (Lipinski definition) is 4. The van der Waals surface area contributed by atoms with Gasteiger partial charge in [0, 0.05) is 18.8 Å². The molecule has 0 saturated carbocycles. The molecule has 0 spiro atoms. The second-order valence-electron chi connectivity index (χ2n) is 4.71. The number of carbonyl (C=O) groups is 1. The van der Waals surface area contributed by atoms with Crippen molar-refractivity contribution < 1.29 is 14.3 Å². The molecule has 0 radical (unpaired) electrons. The van der Waals surface area contributed by atoms with E-state index in [-0.39, 0.29) is 17.9 Å². The molecule has 0 aliphatic carbocycles. The van der Waals surface area contributed by atoms with E-state index in [1.165, 1.54) is 0 Å². The van der Waals surface area contributed by atoms with Crippen LogP contribution in [0.5, 0.6) is 5.75 Å². The Morgan fingerprint density at radius 3 is 2.79 bits per heavy atom. The molecule has 2 unspecified atom stereocenters. The van der Waals surface area contributed by atoms with Crippen LogP contribution in [-0.4, -0.2) is 31.8 Å². The summed E-state index contributed by atoms with van der Waals surface area (Å²) in [6.45, 7) is 3.65. The van der Waals surface area contributed by atoms with E-state index in [0.29, 0.717) is 19.8 Å². The Morgan fingerprint density at radius 1 is 1.47 bits per heavy atom. The van der Waals surface area contributed by atoms with Gasteiger partial charge in [0.15, 0.2) is 0 Å². The molecular weight excluding hydrogens is 244 g/mol. The van der Waals surface area contributed by atoms with E-state index in [9.17, 15) is 4.79 Å². The number of anilines is 1. The summed E-state index contributed by atoms with van der Waals surface area (Å²) < 4.78 is 10.8. The van der Waals surface area contributed by atoms with E-state index in [2.05, 4.69) is 5.32 Å². The van der Waals surface area contributed by atoms with Crippen LogP contribution in [-0.2, 0) is 9.53 Å². The van der Waals surface area contributed by atoms with Gasteiger partial charge in [0.05, 0.1) is 0 Å². The van der Waals surface area contributed by atoms with Gasteiger partial charge in [0.1, 0.15) is 18.5 Å². The van der Waals surface area contributed by atoms with Crippen LogP contribution in [0.15, 0.2) is 24.3 Å². The minimum absolute atomic E-state index is 0.0828. The first-order valence-corrected chi connectivity index (χ1v) is 6.56. The normalized spacial score (nSPS) is 22.2. The third kappa shape index (κ3) is 3.68. The lowest BCUT2D eigenvalue weighted by Crippen LogP contribution is -2.31. The topological polar surface area (TPSA) is 73.6 Å². The van der Waals surface area contributed by atoms with Gasteiger partial charge in [-0.2, -0.15) is 0 Å². The molecule has 2 rings (SSSR count). The number of hydrogen-bond donors (Lipinski definition) is 2. The van der Waals surface area contributed by atoms with E-state index < -0.39 is 0 Å². The highest BCUT2D eigenvalue weighted by atomic mass is 16.5. The van der Waals surface area contributed by atoms with Crippen molar-refractivity contribution in [2.75, 3.05) is 25.1 Å². The van der Waals surface area contributed by atoms with Crippen LogP contribution >= 0.6 is 0 Å². The number of amides is 1. The molecule has 0 bridgehead atoms. The molecule has 2 atom stereocenters. The standard InChI is InChI=1S/C14H20N2O3/c1-10-6-8-19-13(10)14(17)16-11-2-4-12(5-3-11)18-9-7-15/h2-5,10,13H,6-9,15H2,1H3,(H,16,17). The lowest BCUT2D eigenvalue weighted by atomic mass is 10.0. The molecule has 3 N–H and O–H groups in total. The third-order valence-corrected chi connectivity index (χ3v) is 3.15. The lowest BCUT2D eigenvalue weighted by molar-refractivity contribution is -0.126. The first-order valence-electron chi connectivity index (χ1n) is 6.56. The number of carbonyl (C=O) groups excluding carboxylic acids is 1. The summed E-state index contributed by atoms with van der Waals surface area (Å²) in [6, 6.07) is 7.24. The minimum Gasteiger partial charge on any atom is -0.492 e. The molecule has 5 nitrogen and oxygen atoms in total. The van der Waals surface area contributed by atoms with Crippen molar-refractivity contribution in [3.05, 3.63) is 24.3 Å². The van der Waals surface area contributed by atoms with Crippen molar-refractivity contribution in [3.8, 4) is 5.75 Å². The van der Waals surface area contributed by atoms with Gasteiger partial charge < -0.3 is 20.5 Å². The van der Waals surface area contributed by atoms with Gasteiger partial charge in [-0.25, -0.2) is 0 Å². The molecule has 1 fully saturated rings. The summed E-state index contributed by atoms with van der Waals surface area (Å²) in [5, 5.41) is 2.85. The fourth-order valence-electron chi connectivity index (χ4n) is 2.06. The van der Waals surface area contributed by atoms with Gasteiger partial charge in [0.25, 0.3) is 5.91 Å².